The lowest BCUT2D eigenvalue weighted by atomic mass is 9.48. The van der Waals surface area contributed by atoms with Crippen LogP contribution in [0.25, 0.3) is 10.9 Å². The van der Waals surface area contributed by atoms with Gasteiger partial charge in [-0.25, -0.2) is 4.98 Å². The van der Waals surface area contributed by atoms with Crippen molar-refractivity contribution in [3.05, 3.63) is 47.5 Å². The molecule has 0 radical (unpaired) electrons. The summed E-state index contributed by atoms with van der Waals surface area (Å²) in [5, 5.41) is 5.17. The van der Waals surface area contributed by atoms with Gasteiger partial charge in [-0.15, -0.1) is 0 Å². The molecule has 32 heavy (non-hydrogen) atoms. The van der Waals surface area contributed by atoms with E-state index in [2.05, 4.69) is 55.6 Å². The maximum absolute atomic E-state index is 11.5. The molecule has 6 atom stereocenters. The van der Waals surface area contributed by atoms with Gasteiger partial charge >= 0.3 is 5.97 Å². The van der Waals surface area contributed by atoms with Gasteiger partial charge < -0.3 is 10.1 Å². The van der Waals surface area contributed by atoms with Gasteiger partial charge in [-0.05, 0) is 86.3 Å². The van der Waals surface area contributed by atoms with E-state index in [1.165, 1.54) is 30.7 Å². The normalized spacial score (nSPS) is 37.8. The number of benzene rings is 1. The molecule has 4 nitrogen and oxygen atoms in total. The van der Waals surface area contributed by atoms with E-state index in [0.717, 1.165) is 49.4 Å². The molecule has 4 aliphatic rings. The number of para-hydroxylation sites is 1. The molecule has 3 aliphatic carbocycles. The summed E-state index contributed by atoms with van der Waals surface area (Å²) in [7, 11) is 0. The number of hydrogen-bond acceptors (Lipinski definition) is 4. The zero-order chi connectivity index (χ0) is 22.1. The Morgan fingerprint density at radius 2 is 1.97 bits per heavy atom. The Morgan fingerprint density at radius 1 is 1.12 bits per heavy atom. The van der Waals surface area contributed by atoms with Crippen LogP contribution in [-0.4, -0.2) is 22.6 Å². The van der Waals surface area contributed by atoms with Gasteiger partial charge in [0.15, 0.2) is 0 Å². The van der Waals surface area contributed by atoms with Crippen molar-refractivity contribution in [3.63, 3.8) is 0 Å². The van der Waals surface area contributed by atoms with Crippen molar-refractivity contribution in [1.82, 2.24) is 4.98 Å². The average molecular weight is 431 g/mol. The van der Waals surface area contributed by atoms with Crippen molar-refractivity contribution in [2.75, 3.05) is 5.32 Å². The van der Waals surface area contributed by atoms with Crippen LogP contribution in [0.4, 0.5) is 5.82 Å². The number of ether oxygens (including phenoxy) is 1. The maximum atomic E-state index is 11.5. The fourth-order valence-electron chi connectivity index (χ4n) is 7.75. The summed E-state index contributed by atoms with van der Waals surface area (Å²) >= 11 is 0. The third-order valence-corrected chi connectivity index (χ3v) is 9.43. The summed E-state index contributed by atoms with van der Waals surface area (Å²) in [6.07, 6.45) is 10.4. The Hall–Kier alpha value is -2.36. The fraction of sp³-hybridized carbons (Fsp3) is 0.571. The molecular formula is C28H34N2O2. The second-order valence-corrected chi connectivity index (χ2v) is 11.2. The third-order valence-electron chi connectivity index (χ3n) is 9.43. The zero-order valence-corrected chi connectivity index (χ0v) is 19.5. The summed E-state index contributed by atoms with van der Waals surface area (Å²) in [4.78, 5) is 16.5. The number of anilines is 1. The van der Waals surface area contributed by atoms with Gasteiger partial charge in [0.2, 0.25) is 0 Å². The molecule has 0 spiro atoms. The Labute approximate surface area is 190 Å². The lowest BCUT2D eigenvalue weighted by molar-refractivity contribution is -0.148. The maximum Gasteiger partial charge on any atom is 0.302 e. The summed E-state index contributed by atoms with van der Waals surface area (Å²) in [6.45, 7) is 6.47. The Balaban J connectivity index is 1.32. The standard InChI is InChI=1S/C28H34N2O2/c1-17(31)32-21-10-12-27(2)20(16-21)8-9-22-23(27)11-13-28(3)24(22)15-19-14-18-6-4-5-7-25(18)29-26(19)30-28/h4-8,14,21-24H,9-13,15-16H2,1-3H3,(H,29,30)/t21-,22+,23?,24?,27-,28-/m0/s1. The van der Waals surface area contributed by atoms with Gasteiger partial charge in [-0.1, -0.05) is 36.8 Å². The molecule has 0 bridgehead atoms. The second-order valence-electron chi connectivity index (χ2n) is 11.2. The van der Waals surface area contributed by atoms with Crippen molar-refractivity contribution in [1.29, 1.82) is 0 Å². The first-order valence-corrected chi connectivity index (χ1v) is 12.4. The van der Waals surface area contributed by atoms with Crippen molar-refractivity contribution in [3.8, 4) is 0 Å². The van der Waals surface area contributed by atoms with Crippen LogP contribution in [0.15, 0.2) is 42.0 Å². The quantitative estimate of drug-likeness (QED) is 0.442. The van der Waals surface area contributed by atoms with Crippen LogP contribution in [0.5, 0.6) is 0 Å². The van der Waals surface area contributed by atoms with Gasteiger partial charge in [0.05, 0.1) is 5.52 Å². The summed E-state index contributed by atoms with van der Waals surface area (Å²) < 4.78 is 5.60. The Morgan fingerprint density at radius 3 is 2.81 bits per heavy atom. The van der Waals surface area contributed by atoms with E-state index in [4.69, 9.17) is 9.72 Å². The number of fused-ring (bicyclic) bond motifs is 7. The highest BCUT2D eigenvalue weighted by molar-refractivity contribution is 5.82. The first-order chi connectivity index (χ1) is 15.4. The van der Waals surface area contributed by atoms with E-state index in [0.29, 0.717) is 11.8 Å². The van der Waals surface area contributed by atoms with Crippen molar-refractivity contribution in [2.45, 2.75) is 77.4 Å². The molecule has 2 heterocycles. The molecule has 0 amide bonds. The number of hydrogen-bond donors (Lipinski definition) is 1. The minimum absolute atomic E-state index is 0.0693. The first kappa shape index (κ1) is 20.3. The van der Waals surface area contributed by atoms with E-state index in [9.17, 15) is 4.79 Å². The highest BCUT2D eigenvalue weighted by Crippen LogP contribution is 2.61. The molecule has 0 saturated heterocycles. The van der Waals surface area contributed by atoms with Gasteiger partial charge in [0, 0.05) is 24.3 Å². The molecule has 1 N–H and O–H groups in total. The average Bonchev–Trinajstić information content (AvgIpc) is 2.76. The molecule has 1 aromatic carbocycles. The largest absolute Gasteiger partial charge is 0.462 e. The molecular weight excluding hydrogens is 396 g/mol. The van der Waals surface area contributed by atoms with Crippen LogP contribution in [0.2, 0.25) is 0 Å². The van der Waals surface area contributed by atoms with E-state index in [1.807, 2.05) is 0 Å². The smallest absolute Gasteiger partial charge is 0.302 e. The molecule has 1 aliphatic heterocycles. The highest BCUT2D eigenvalue weighted by atomic mass is 16.5. The van der Waals surface area contributed by atoms with Crippen molar-refractivity contribution in [2.24, 2.45) is 23.2 Å². The summed E-state index contributed by atoms with van der Waals surface area (Å²) in [5.41, 5.74) is 4.38. The van der Waals surface area contributed by atoms with E-state index in [1.54, 1.807) is 5.57 Å². The SMILES string of the molecule is CC(=O)O[C@H]1CC[C@@]2(C)C(=CC[C@@H]3C2CC[C@]2(C)Nc4nc5ccccc5cc4CC32)C1. The van der Waals surface area contributed by atoms with Crippen LogP contribution in [0.1, 0.15) is 64.9 Å². The van der Waals surface area contributed by atoms with Gasteiger partial charge in [-0.2, -0.15) is 0 Å². The number of pyridine rings is 1. The number of esters is 1. The fourth-order valence-corrected chi connectivity index (χ4v) is 7.75. The number of carbonyl (C=O) groups excluding carboxylic acids is 1. The van der Waals surface area contributed by atoms with E-state index >= 15 is 0 Å². The predicted molar refractivity (Wildman–Crippen MR) is 127 cm³/mol. The molecule has 168 valence electrons. The third kappa shape index (κ3) is 3.02. The highest BCUT2D eigenvalue weighted by Gasteiger charge is 2.56. The van der Waals surface area contributed by atoms with Gasteiger partial charge in [-0.3, -0.25) is 4.79 Å². The van der Waals surface area contributed by atoms with Crippen LogP contribution >= 0.6 is 0 Å². The van der Waals surface area contributed by atoms with E-state index < -0.39 is 0 Å². The Bertz CT molecular complexity index is 1120. The summed E-state index contributed by atoms with van der Waals surface area (Å²) in [5.74, 6) is 2.99. The molecule has 2 unspecified atom stereocenters. The molecule has 2 saturated carbocycles. The lowest BCUT2D eigenvalue weighted by Gasteiger charge is -2.60. The van der Waals surface area contributed by atoms with Crippen LogP contribution in [0.3, 0.4) is 0 Å². The zero-order valence-electron chi connectivity index (χ0n) is 19.5. The monoisotopic (exact) mass is 430 g/mol. The molecule has 6 rings (SSSR count). The number of rotatable bonds is 1. The van der Waals surface area contributed by atoms with Gasteiger partial charge in [0.25, 0.3) is 0 Å². The molecule has 1 aromatic heterocycles. The molecule has 2 aromatic rings. The Kier molecular flexibility index (Phi) is 4.48. The van der Waals surface area contributed by atoms with Crippen molar-refractivity contribution >= 4 is 22.7 Å². The number of nitrogens with zero attached hydrogens (tertiary/aromatic N) is 1. The summed E-state index contributed by atoms with van der Waals surface area (Å²) in [6, 6.07) is 10.8. The van der Waals surface area contributed by atoms with E-state index in [-0.39, 0.29) is 23.0 Å². The molecule has 4 heteroatoms. The predicted octanol–water partition coefficient (Wildman–Crippen LogP) is 6.06. The lowest BCUT2D eigenvalue weighted by Crippen LogP contribution is -2.58. The number of aromatic nitrogens is 1. The number of carbonyl (C=O) groups is 1. The van der Waals surface area contributed by atoms with Crippen molar-refractivity contribution < 1.29 is 9.53 Å². The van der Waals surface area contributed by atoms with Crippen LogP contribution < -0.4 is 5.32 Å². The van der Waals surface area contributed by atoms with Crippen LogP contribution in [-0.2, 0) is 16.0 Å². The topological polar surface area (TPSA) is 51.2 Å². The minimum Gasteiger partial charge on any atom is -0.462 e. The number of allylic oxidation sites excluding steroid dienone is 1. The number of nitrogens with one attached hydrogen (secondary N) is 1. The first-order valence-electron chi connectivity index (χ1n) is 12.4. The van der Waals surface area contributed by atoms with Crippen LogP contribution in [0, 0.1) is 23.2 Å². The second kappa shape index (κ2) is 7.07. The van der Waals surface area contributed by atoms with Gasteiger partial charge in [0.1, 0.15) is 11.9 Å². The molecule has 2 fully saturated rings. The minimum atomic E-state index is -0.144.